The fourth-order valence-electron chi connectivity index (χ4n) is 3.15. The van der Waals surface area contributed by atoms with E-state index >= 15 is 0 Å². The summed E-state index contributed by atoms with van der Waals surface area (Å²) >= 11 is 0. The van der Waals surface area contributed by atoms with E-state index in [0.29, 0.717) is 18.6 Å². The van der Waals surface area contributed by atoms with Crippen molar-refractivity contribution >= 4 is 29.9 Å². The molecule has 1 heterocycles. The smallest absolute Gasteiger partial charge is 0.361 e. The highest BCUT2D eigenvalue weighted by Crippen LogP contribution is 2.29. The molecule has 1 aliphatic rings. The van der Waals surface area contributed by atoms with Crippen molar-refractivity contribution in [3.05, 3.63) is 59.7 Å². The number of quaternary nitrogens is 1. The molecule has 3 rings (SSSR count). The Bertz CT molecular complexity index is 903. The molecule has 0 radical (unpaired) electrons. The van der Waals surface area contributed by atoms with Crippen LogP contribution in [-0.2, 0) is 14.3 Å². The molecule has 8 nitrogen and oxygen atoms in total. The number of rotatable bonds is 9. The quantitative estimate of drug-likeness (QED) is 0.227. The molecule has 0 aromatic heterocycles. The first-order chi connectivity index (χ1) is 14.0. The average molecular weight is 397 g/mol. The molecular formula is C21H21N2O6+. The van der Waals surface area contributed by atoms with Crippen molar-refractivity contribution in [2.75, 3.05) is 32.1 Å². The zero-order valence-electron chi connectivity index (χ0n) is 15.9. The Kier molecular flexibility index (Phi) is 6.04. The van der Waals surface area contributed by atoms with Gasteiger partial charge in [0.15, 0.2) is 0 Å². The minimum atomic E-state index is -0.862. The first-order valence-corrected chi connectivity index (χ1v) is 9.08. The van der Waals surface area contributed by atoms with Crippen LogP contribution in [0.5, 0.6) is 5.75 Å². The molecule has 8 heteroatoms. The lowest BCUT2D eigenvalue weighted by atomic mass is 10.1. The van der Waals surface area contributed by atoms with Gasteiger partial charge in [0.25, 0.3) is 0 Å². The van der Waals surface area contributed by atoms with E-state index < -0.39 is 16.3 Å². The Labute approximate surface area is 167 Å². The number of esters is 1. The minimum absolute atomic E-state index is 0.0363. The van der Waals surface area contributed by atoms with Gasteiger partial charge in [0, 0.05) is 12.1 Å². The molecule has 0 saturated carbocycles. The Morgan fingerprint density at radius 3 is 2.21 bits per heavy atom. The van der Waals surface area contributed by atoms with E-state index in [2.05, 4.69) is 10.1 Å². The molecule has 2 aromatic carbocycles. The number of amides is 3. The molecule has 0 unspecified atom stereocenters. The molecule has 0 aliphatic carbocycles. The summed E-state index contributed by atoms with van der Waals surface area (Å²) in [5.41, 5.74) is 1.29. The van der Waals surface area contributed by atoms with E-state index in [9.17, 15) is 19.2 Å². The van der Waals surface area contributed by atoms with Gasteiger partial charge in [-0.3, -0.25) is 4.79 Å². The van der Waals surface area contributed by atoms with Crippen molar-refractivity contribution in [1.82, 2.24) is 0 Å². The summed E-state index contributed by atoms with van der Waals surface area (Å²) in [5, 5.41) is 2.91. The number of hydrogen-bond acceptors (Lipinski definition) is 7. The van der Waals surface area contributed by atoms with Gasteiger partial charge in [0.2, 0.25) is 0 Å². The number of hydrogen-bond donors (Lipinski definition) is 1. The van der Waals surface area contributed by atoms with Crippen molar-refractivity contribution in [3.63, 3.8) is 0 Å². The highest BCUT2D eigenvalue weighted by atomic mass is 16.5. The zero-order valence-corrected chi connectivity index (χ0v) is 15.9. The third-order valence-corrected chi connectivity index (χ3v) is 4.74. The zero-order chi connectivity index (χ0) is 20.9. The second-order valence-electron chi connectivity index (χ2n) is 6.51. The molecule has 0 atom stereocenters. The van der Waals surface area contributed by atoms with E-state index in [0.717, 1.165) is 5.69 Å². The van der Waals surface area contributed by atoms with Crippen LogP contribution in [0.3, 0.4) is 0 Å². The number of fused-ring (bicyclic) bond motifs is 1. The molecule has 3 amide bonds. The van der Waals surface area contributed by atoms with Gasteiger partial charge in [-0.25, -0.2) is 14.4 Å². The monoisotopic (exact) mass is 397 g/mol. The maximum absolute atomic E-state index is 12.6. The number of ether oxygens (including phenoxy) is 2. The van der Waals surface area contributed by atoms with Crippen LogP contribution in [0, 0.1) is 0 Å². The Hall–Kier alpha value is -3.52. The maximum atomic E-state index is 12.6. The molecule has 29 heavy (non-hydrogen) atoms. The number of carbonyl (C=O) groups is 4. The van der Waals surface area contributed by atoms with Crippen molar-refractivity contribution < 1.29 is 33.1 Å². The van der Waals surface area contributed by atoms with Crippen LogP contribution >= 0.6 is 0 Å². The van der Waals surface area contributed by atoms with Gasteiger partial charge >= 0.3 is 24.2 Å². The van der Waals surface area contributed by atoms with E-state index in [1.165, 1.54) is 7.11 Å². The number of nitrogens with one attached hydrogen (secondary N) is 1. The van der Waals surface area contributed by atoms with Gasteiger partial charge in [-0.15, -0.1) is 4.48 Å². The molecule has 1 N–H and O–H groups in total. The van der Waals surface area contributed by atoms with Crippen LogP contribution in [0.1, 0.15) is 27.1 Å². The second-order valence-corrected chi connectivity index (χ2v) is 6.51. The third kappa shape index (κ3) is 4.02. The molecule has 0 saturated heterocycles. The summed E-state index contributed by atoms with van der Waals surface area (Å²) in [6.45, 7) is 0.334. The summed E-state index contributed by atoms with van der Waals surface area (Å²) in [7, 11) is 1.32. The number of methoxy groups -OCH3 is 1. The minimum Gasteiger partial charge on any atom is -0.493 e. The summed E-state index contributed by atoms with van der Waals surface area (Å²) < 4.78 is 9.33. The number of benzene rings is 2. The highest BCUT2D eigenvalue weighted by molar-refractivity contribution is 6.17. The number of nitrogens with zero attached hydrogens (tertiary/aromatic N) is 1. The summed E-state index contributed by atoms with van der Waals surface area (Å²) in [5.74, 6) is -0.775. The lowest BCUT2D eigenvalue weighted by molar-refractivity contribution is -0.673. The molecule has 2 aromatic rings. The molecule has 0 spiro atoms. The first kappa shape index (κ1) is 20.2. The van der Waals surface area contributed by atoms with Gasteiger partial charge in [0.05, 0.1) is 24.8 Å². The lowest BCUT2D eigenvalue weighted by Gasteiger charge is -2.20. The van der Waals surface area contributed by atoms with E-state index in [-0.39, 0.29) is 36.8 Å². The average Bonchev–Trinajstić information content (AvgIpc) is 2.98. The molecular weight excluding hydrogens is 376 g/mol. The fraction of sp³-hybridized carbons (Fsp3) is 0.238. The van der Waals surface area contributed by atoms with Gasteiger partial charge in [0.1, 0.15) is 18.8 Å². The van der Waals surface area contributed by atoms with Gasteiger partial charge in [-0.05, 0) is 36.4 Å². The van der Waals surface area contributed by atoms with E-state index in [4.69, 9.17) is 4.74 Å². The van der Waals surface area contributed by atoms with Crippen molar-refractivity contribution in [2.45, 2.75) is 6.42 Å². The predicted octanol–water partition coefficient (Wildman–Crippen LogP) is 2.01. The fourth-order valence-corrected chi connectivity index (χ4v) is 3.15. The summed E-state index contributed by atoms with van der Waals surface area (Å²) in [6, 6.07) is 13.4. The van der Waals surface area contributed by atoms with Crippen molar-refractivity contribution in [1.29, 1.82) is 0 Å². The predicted molar refractivity (Wildman–Crippen MR) is 103 cm³/mol. The van der Waals surface area contributed by atoms with Gasteiger partial charge in [-0.2, -0.15) is 0 Å². The van der Waals surface area contributed by atoms with Crippen LogP contribution in [0.4, 0.5) is 5.69 Å². The summed E-state index contributed by atoms with van der Waals surface area (Å²) in [4.78, 5) is 48.1. The second kappa shape index (κ2) is 8.66. The van der Waals surface area contributed by atoms with Gasteiger partial charge < -0.3 is 14.8 Å². The molecule has 1 aliphatic heterocycles. The SMILES string of the molecule is COC(=O)CNc1ccc(OCCC[N+]2(C=O)C(=O)c3ccccc3C2=O)cc1. The van der Waals surface area contributed by atoms with Crippen LogP contribution in [0.25, 0.3) is 0 Å². The molecule has 0 bridgehead atoms. The standard InChI is InChI=1S/C21H21N2O6/c1-28-19(25)13-22-15-7-9-16(10-8-15)29-12-4-11-23(14-24)20(26)17-5-2-3-6-18(17)21(23)27/h2-3,5-10,14,22H,4,11-13H2,1H3/q+1. The van der Waals surface area contributed by atoms with Crippen molar-refractivity contribution in [2.24, 2.45) is 0 Å². The van der Waals surface area contributed by atoms with Crippen LogP contribution in [0.15, 0.2) is 48.5 Å². The van der Waals surface area contributed by atoms with Crippen LogP contribution in [-0.4, -0.2) is 55.5 Å². The normalized spacial score (nSPS) is 14.2. The Balaban J connectivity index is 1.54. The first-order valence-electron chi connectivity index (χ1n) is 9.08. The molecule has 150 valence electrons. The van der Waals surface area contributed by atoms with Crippen molar-refractivity contribution in [3.8, 4) is 5.75 Å². The van der Waals surface area contributed by atoms with E-state index in [1.807, 2.05) is 0 Å². The summed E-state index contributed by atoms with van der Waals surface area (Å²) in [6.07, 6.45) is 0.749. The number of anilines is 1. The highest BCUT2D eigenvalue weighted by Gasteiger charge is 2.53. The number of carbonyl (C=O) groups excluding carboxylic acids is 4. The Morgan fingerprint density at radius 2 is 1.66 bits per heavy atom. The van der Waals surface area contributed by atoms with Gasteiger partial charge in [-0.1, -0.05) is 12.1 Å². The maximum Gasteiger partial charge on any atom is 0.361 e. The molecule has 0 fully saturated rings. The van der Waals surface area contributed by atoms with Crippen LogP contribution < -0.4 is 10.1 Å². The Morgan fingerprint density at radius 1 is 1.03 bits per heavy atom. The lowest BCUT2D eigenvalue weighted by Crippen LogP contribution is -2.52. The number of imide groups is 3. The van der Waals surface area contributed by atoms with E-state index in [1.54, 1.807) is 48.5 Å². The largest absolute Gasteiger partial charge is 0.493 e. The topological polar surface area (TPSA) is 98.8 Å². The van der Waals surface area contributed by atoms with Crippen LogP contribution in [0.2, 0.25) is 0 Å². The third-order valence-electron chi connectivity index (χ3n) is 4.74.